The van der Waals surface area contributed by atoms with Gasteiger partial charge in [0.25, 0.3) is 0 Å². The Morgan fingerprint density at radius 1 is 0.871 bits per heavy atom. The first-order valence-corrected chi connectivity index (χ1v) is 10.5. The molecule has 0 radical (unpaired) electrons. The highest BCUT2D eigenvalue weighted by Gasteiger charge is 2.31. The molecule has 160 valence electrons. The quantitative estimate of drug-likeness (QED) is 0.549. The van der Waals surface area contributed by atoms with Gasteiger partial charge in [0.1, 0.15) is 11.9 Å². The molecule has 0 heterocycles. The summed E-state index contributed by atoms with van der Waals surface area (Å²) in [6, 6.07) is 24.0. The Balaban J connectivity index is 1.97. The number of benzene rings is 3. The Morgan fingerprint density at radius 2 is 1.48 bits per heavy atom. The highest BCUT2D eigenvalue weighted by Crippen LogP contribution is 2.25. The summed E-state index contributed by atoms with van der Waals surface area (Å²) < 4.78 is 13.4. The predicted octanol–water partition coefficient (Wildman–Crippen LogP) is 4.66. The van der Waals surface area contributed by atoms with Gasteiger partial charge in [-0.1, -0.05) is 79.7 Å². The number of nitrogens with zero attached hydrogens (tertiary/aromatic N) is 1. The highest BCUT2D eigenvalue weighted by molar-refractivity contribution is 5.89. The van der Waals surface area contributed by atoms with Crippen molar-refractivity contribution in [3.05, 3.63) is 107 Å². The third kappa shape index (κ3) is 6.25. The molecule has 1 unspecified atom stereocenters. The fourth-order valence-electron chi connectivity index (χ4n) is 3.44. The van der Waals surface area contributed by atoms with Crippen LogP contribution in [-0.2, 0) is 22.6 Å². The van der Waals surface area contributed by atoms with Crippen LogP contribution in [0.5, 0.6) is 0 Å². The smallest absolute Gasteiger partial charge is 0.247 e. The van der Waals surface area contributed by atoms with Crippen molar-refractivity contribution in [1.29, 1.82) is 0 Å². The fraction of sp³-hybridized carbons (Fsp3) is 0.231. The van der Waals surface area contributed by atoms with Gasteiger partial charge in [-0.25, -0.2) is 4.39 Å². The van der Waals surface area contributed by atoms with Crippen LogP contribution >= 0.6 is 0 Å². The maximum absolute atomic E-state index is 13.4. The first kappa shape index (κ1) is 22.2. The van der Waals surface area contributed by atoms with E-state index in [9.17, 15) is 14.0 Å². The van der Waals surface area contributed by atoms with E-state index in [1.54, 1.807) is 17.0 Å². The lowest BCUT2D eigenvalue weighted by atomic mass is 10.0. The van der Waals surface area contributed by atoms with Gasteiger partial charge >= 0.3 is 0 Å². The van der Waals surface area contributed by atoms with Gasteiger partial charge in [-0.3, -0.25) is 9.59 Å². The summed E-state index contributed by atoms with van der Waals surface area (Å²) in [5.41, 5.74) is 2.36. The summed E-state index contributed by atoms with van der Waals surface area (Å²) in [4.78, 5) is 28.2. The zero-order valence-electron chi connectivity index (χ0n) is 17.6. The first-order valence-electron chi connectivity index (χ1n) is 10.5. The molecule has 31 heavy (non-hydrogen) atoms. The molecule has 1 atom stereocenters. The van der Waals surface area contributed by atoms with E-state index >= 15 is 0 Å². The molecule has 0 bridgehead atoms. The van der Waals surface area contributed by atoms with Gasteiger partial charge in [-0.15, -0.1) is 0 Å². The van der Waals surface area contributed by atoms with Crippen LogP contribution in [0.1, 0.15) is 36.1 Å². The lowest BCUT2D eigenvalue weighted by Crippen LogP contribution is -2.44. The van der Waals surface area contributed by atoms with Gasteiger partial charge in [0, 0.05) is 13.1 Å². The summed E-state index contributed by atoms with van der Waals surface area (Å²) in [6.07, 6.45) is 0.968. The molecular weight excluding hydrogens is 391 g/mol. The van der Waals surface area contributed by atoms with Crippen LogP contribution in [0.4, 0.5) is 4.39 Å². The summed E-state index contributed by atoms with van der Waals surface area (Å²) in [5, 5.41) is 2.93. The van der Waals surface area contributed by atoms with Crippen LogP contribution in [-0.4, -0.2) is 23.3 Å². The Morgan fingerprint density at radius 3 is 2.10 bits per heavy atom. The molecule has 3 aromatic carbocycles. The van der Waals surface area contributed by atoms with Gasteiger partial charge < -0.3 is 10.2 Å². The number of amides is 2. The number of carbonyl (C=O) groups is 2. The van der Waals surface area contributed by atoms with E-state index in [0.29, 0.717) is 6.54 Å². The van der Waals surface area contributed by atoms with Gasteiger partial charge in [-0.2, -0.15) is 0 Å². The molecule has 0 saturated carbocycles. The molecule has 5 heteroatoms. The Kier molecular flexibility index (Phi) is 7.93. The van der Waals surface area contributed by atoms with E-state index in [2.05, 4.69) is 5.32 Å². The number of rotatable bonds is 9. The molecule has 0 fully saturated rings. The SMILES string of the molecule is CCCNC(=O)C(c1ccccc1)N(Cc1ccc(F)cc1)C(=O)Cc1ccccc1. The molecule has 0 aliphatic carbocycles. The Labute approximate surface area is 182 Å². The van der Waals surface area contributed by atoms with Crippen LogP contribution in [0, 0.1) is 5.82 Å². The van der Waals surface area contributed by atoms with Crippen molar-refractivity contribution in [3.8, 4) is 0 Å². The molecule has 3 rings (SSSR count). The second kappa shape index (κ2) is 11.1. The van der Waals surface area contributed by atoms with E-state index < -0.39 is 6.04 Å². The maximum atomic E-state index is 13.4. The maximum Gasteiger partial charge on any atom is 0.247 e. The average molecular weight is 419 g/mol. The van der Waals surface area contributed by atoms with Gasteiger partial charge in [0.05, 0.1) is 6.42 Å². The number of nitrogens with one attached hydrogen (secondary N) is 1. The molecule has 0 aromatic heterocycles. The minimum atomic E-state index is -0.783. The van der Waals surface area contributed by atoms with Crippen molar-refractivity contribution in [1.82, 2.24) is 10.2 Å². The minimum Gasteiger partial charge on any atom is -0.354 e. The highest BCUT2D eigenvalue weighted by atomic mass is 19.1. The van der Waals surface area contributed by atoms with Crippen LogP contribution in [0.15, 0.2) is 84.9 Å². The number of hydrogen-bond donors (Lipinski definition) is 1. The fourth-order valence-corrected chi connectivity index (χ4v) is 3.44. The summed E-state index contributed by atoms with van der Waals surface area (Å²) in [7, 11) is 0. The van der Waals surface area contributed by atoms with E-state index in [4.69, 9.17) is 0 Å². The minimum absolute atomic E-state index is 0.170. The average Bonchev–Trinajstić information content (AvgIpc) is 2.80. The van der Waals surface area contributed by atoms with Crippen molar-refractivity contribution in [2.24, 2.45) is 0 Å². The van der Waals surface area contributed by atoms with Gasteiger partial charge in [0.2, 0.25) is 11.8 Å². The molecule has 1 N–H and O–H groups in total. The topological polar surface area (TPSA) is 49.4 Å². The summed E-state index contributed by atoms with van der Waals surface area (Å²) >= 11 is 0. The first-order chi connectivity index (χ1) is 15.1. The van der Waals surface area contributed by atoms with Crippen LogP contribution in [0.3, 0.4) is 0 Å². The zero-order valence-corrected chi connectivity index (χ0v) is 17.6. The molecule has 3 aromatic rings. The van der Waals surface area contributed by atoms with Gasteiger partial charge in [0.15, 0.2) is 0 Å². The van der Waals surface area contributed by atoms with Crippen molar-refractivity contribution in [2.45, 2.75) is 32.4 Å². The predicted molar refractivity (Wildman–Crippen MR) is 120 cm³/mol. The van der Waals surface area contributed by atoms with E-state index in [-0.39, 0.29) is 30.6 Å². The second-order valence-electron chi connectivity index (χ2n) is 7.41. The number of carbonyl (C=O) groups excluding carboxylic acids is 2. The third-order valence-corrected chi connectivity index (χ3v) is 5.01. The molecule has 4 nitrogen and oxygen atoms in total. The standard InChI is InChI=1S/C26H27FN2O2/c1-2-17-28-26(31)25(22-11-7-4-8-12-22)29(19-21-13-15-23(27)16-14-21)24(30)18-20-9-5-3-6-10-20/h3-16,25H,2,17-19H2,1H3,(H,28,31). The molecule has 0 aliphatic rings. The molecule has 0 saturated heterocycles. The third-order valence-electron chi connectivity index (χ3n) is 5.01. The second-order valence-corrected chi connectivity index (χ2v) is 7.41. The molecule has 0 aliphatic heterocycles. The number of halogens is 1. The largest absolute Gasteiger partial charge is 0.354 e. The van der Waals surface area contributed by atoms with Crippen LogP contribution < -0.4 is 5.32 Å². The zero-order chi connectivity index (χ0) is 22.1. The summed E-state index contributed by atoms with van der Waals surface area (Å²) in [6.45, 7) is 2.71. The molecule has 2 amide bonds. The Hall–Kier alpha value is -3.47. The number of hydrogen-bond acceptors (Lipinski definition) is 2. The van der Waals surface area contributed by atoms with Crippen molar-refractivity contribution < 1.29 is 14.0 Å². The van der Waals surface area contributed by atoms with Crippen molar-refractivity contribution in [3.63, 3.8) is 0 Å². The van der Waals surface area contributed by atoms with E-state index in [1.165, 1.54) is 12.1 Å². The normalized spacial score (nSPS) is 11.5. The Bertz CT molecular complexity index is 975. The van der Waals surface area contributed by atoms with E-state index in [1.807, 2.05) is 67.6 Å². The van der Waals surface area contributed by atoms with E-state index in [0.717, 1.165) is 23.1 Å². The van der Waals surface area contributed by atoms with Crippen molar-refractivity contribution >= 4 is 11.8 Å². The van der Waals surface area contributed by atoms with Crippen LogP contribution in [0.25, 0.3) is 0 Å². The lowest BCUT2D eigenvalue weighted by Gasteiger charge is -2.32. The molecular formula is C26H27FN2O2. The molecule has 0 spiro atoms. The lowest BCUT2D eigenvalue weighted by molar-refractivity contribution is -0.141. The van der Waals surface area contributed by atoms with Gasteiger partial charge in [-0.05, 0) is 35.2 Å². The summed E-state index contributed by atoms with van der Waals surface area (Å²) in [5.74, 6) is -0.737. The van der Waals surface area contributed by atoms with Crippen LogP contribution in [0.2, 0.25) is 0 Å². The monoisotopic (exact) mass is 418 g/mol. The van der Waals surface area contributed by atoms with Crippen molar-refractivity contribution in [2.75, 3.05) is 6.54 Å².